The number of aliphatic carboxylic acids is 1. The van der Waals surface area contributed by atoms with Gasteiger partial charge in [-0.25, -0.2) is 31.3 Å². The Balaban J connectivity index is 1.41. The van der Waals surface area contributed by atoms with Crippen LogP contribution >= 0.6 is 22.9 Å². The number of esters is 1. The third-order valence-electron chi connectivity index (χ3n) is 8.37. The smallest absolute Gasteiger partial charge is 0.338 e. The van der Waals surface area contributed by atoms with Gasteiger partial charge in [0.15, 0.2) is 22.5 Å². The zero-order valence-corrected chi connectivity index (χ0v) is 25.7. The first kappa shape index (κ1) is 31.5. The molecule has 2 aliphatic heterocycles. The van der Waals surface area contributed by atoms with Gasteiger partial charge in [0.25, 0.3) is 0 Å². The Labute approximate surface area is 256 Å². The number of rotatable bonds is 8. The molecule has 2 aromatic rings. The van der Waals surface area contributed by atoms with Crippen LogP contribution in [0.25, 0.3) is 0 Å². The molecular weight excluding hydrogens is 626 g/mol. The monoisotopic (exact) mass is 656 g/mol. The molecule has 232 valence electrons. The van der Waals surface area contributed by atoms with Gasteiger partial charge < -0.3 is 15.2 Å². The van der Waals surface area contributed by atoms with E-state index >= 15 is 0 Å². The molecule has 1 unspecified atom stereocenters. The summed E-state index contributed by atoms with van der Waals surface area (Å²) in [6, 6.07) is 1.07. The number of thiazole rings is 1. The number of carbonyl (C=O) groups is 2. The fourth-order valence-electron chi connectivity index (χ4n) is 6.05. The van der Waals surface area contributed by atoms with Crippen LogP contribution in [-0.4, -0.2) is 66.5 Å². The van der Waals surface area contributed by atoms with E-state index in [1.807, 2.05) is 0 Å². The number of nitrogens with one attached hydrogen (secondary N) is 1. The number of nitrogens with zero attached hydrogens (tertiary/aromatic N) is 3. The normalized spacial score (nSPS) is 23.9. The Kier molecular flexibility index (Phi) is 9.49. The number of halogens is 3. The van der Waals surface area contributed by atoms with Crippen LogP contribution in [0.1, 0.15) is 55.1 Å². The first-order valence-corrected chi connectivity index (χ1v) is 16.8. The summed E-state index contributed by atoms with van der Waals surface area (Å²) < 4.78 is 61.7. The third-order valence-corrected chi connectivity index (χ3v) is 11.6. The van der Waals surface area contributed by atoms with Crippen LogP contribution in [0.15, 0.2) is 40.0 Å². The van der Waals surface area contributed by atoms with Crippen LogP contribution in [0.5, 0.6) is 0 Å². The lowest BCUT2D eigenvalue weighted by Crippen LogP contribution is -2.44. The average Bonchev–Trinajstić information content (AvgIpc) is 3.54. The summed E-state index contributed by atoms with van der Waals surface area (Å²) in [6.07, 6.45) is 4.38. The van der Waals surface area contributed by atoms with Crippen molar-refractivity contribution in [1.82, 2.24) is 14.6 Å². The predicted octanol–water partition coefficient (Wildman–Crippen LogP) is 4.53. The summed E-state index contributed by atoms with van der Waals surface area (Å²) in [5.41, 5.74) is 0.598. The van der Waals surface area contributed by atoms with Gasteiger partial charge >= 0.3 is 11.9 Å². The van der Waals surface area contributed by atoms with E-state index in [0.29, 0.717) is 55.1 Å². The van der Waals surface area contributed by atoms with E-state index in [-0.39, 0.29) is 41.8 Å². The minimum absolute atomic E-state index is 0.0318. The Bertz CT molecular complexity index is 1550. The van der Waals surface area contributed by atoms with E-state index in [1.165, 1.54) is 28.8 Å². The number of piperidine rings is 1. The van der Waals surface area contributed by atoms with Crippen molar-refractivity contribution in [2.24, 2.45) is 22.7 Å². The van der Waals surface area contributed by atoms with Gasteiger partial charge in [0, 0.05) is 41.8 Å². The van der Waals surface area contributed by atoms with Crippen LogP contribution in [0, 0.1) is 29.4 Å². The molecule has 0 radical (unpaired) electrons. The molecule has 2 N–H and O–H groups in total. The van der Waals surface area contributed by atoms with E-state index in [2.05, 4.69) is 15.3 Å². The highest BCUT2D eigenvalue weighted by Crippen LogP contribution is 2.41. The van der Waals surface area contributed by atoms with Crippen molar-refractivity contribution in [3.8, 4) is 0 Å². The van der Waals surface area contributed by atoms with Gasteiger partial charge in [-0.1, -0.05) is 17.7 Å². The number of carboxylic acid groups (broad SMARTS) is 1. The molecule has 1 atom stereocenters. The van der Waals surface area contributed by atoms with Gasteiger partial charge in [-0.05, 0) is 50.5 Å². The predicted molar refractivity (Wildman–Crippen MR) is 156 cm³/mol. The molecular formula is C28H31ClF2N4O6S2. The number of amidine groups is 1. The molecule has 1 saturated carbocycles. The number of carbonyl (C=O) groups excluding carboxylic acids is 1. The lowest BCUT2D eigenvalue weighted by molar-refractivity contribution is -0.143. The number of ether oxygens (including phenoxy) is 1. The second-order valence-corrected chi connectivity index (χ2v) is 14.2. The van der Waals surface area contributed by atoms with Crippen molar-refractivity contribution < 1.29 is 36.6 Å². The highest BCUT2D eigenvalue weighted by molar-refractivity contribution is 7.89. The molecule has 2 fully saturated rings. The van der Waals surface area contributed by atoms with Gasteiger partial charge in [-0.15, -0.1) is 11.3 Å². The molecule has 10 nitrogen and oxygen atoms in total. The fraction of sp³-hybridized carbons (Fsp3) is 0.500. The lowest BCUT2D eigenvalue weighted by Gasteiger charge is -2.37. The zero-order chi connectivity index (χ0) is 30.9. The maximum absolute atomic E-state index is 14.6. The number of hydrogen-bond donors (Lipinski definition) is 2. The zero-order valence-electron chi connectivity index (χ0n) is 23.3. The number of benzene rings is 1. The molecule has 5 rings (SSSR count). The maximum atomic E-state index is 14.6. The minimum atomic E-state index is -3.59. The summed E-state index contributed by atoms with van der Waals surface area (Å²) in [5.74, 6) is -4.51. The van der Waals surface area contributed by atoms with E-state index < -0.39 is 50.6 Å². The van der Waals surface area contributed by atoms with Crippen molar-refractivity contribution in [2.75, 3.05) is 26.0 Å². The molecule has 0 bridgehead atoms. The number of methoxy groups -OCH3 is 1. The molecule has 1 aliphatic carbocycles. The molecule has 1 saturated heterocycles. The molecule has 1 aromatic heterocycles. The summed E-state index contributed by atoms with van der Waals surface area (Å²) in [6.45, 7) is 0.412. The van der Waals surface area contributed by atoms with Crippen LogP contribution in [0.3, 0.4) is 0 Å². The Morgan fingerprint density at radius 2 is 1.86 bits per heavy atom. The van der Waals surface area contributed by atoms with Crippen molar-refractivity contribution in [1.29, 1.82) is 0 Å². The molecule has 0 amide bonds. The second-order valence-electron chi connectivity index (χ2n) is 10.9. The first-order chi connectivity index (χ1) is 20.5. The van der Waals surface area contributed by atoms with Crippen molar-refractivity contribution in [2.45, 2.75) is 44.6 Å². The van der Waals surface area contributed by atoms with Gasteiger partial charge in [-0.3, -0.25) is 9.79 Å². The largest absolute Gasteiger partial charge is 0.481 e. The van der Waals surface area contributed by atoms with E-state index in [9.17, 15) is 31.9 Å². The molecule has 1 aromatic carbocycles. The first-order valence-electron chi connectivity index (χ1n) is 13.9. The number of aliphatic imine (C=N–C) groups is 1. The number of allylic oxidation sites excluding steroid dienone is 1. The number of sulfonamides is 1. The fourth-order valence-corrected chi connectivity index (χ4v) is 8.80. The highest BCUT2D eigenvalue weighted by atomic mass is 35.5. The van der Waals surface area contributed by atoms with E-state index in [4.69, 9.17) is 16.3 Å². The standard InChI is InChI=1S/C28H31ClF2N4O6S2/c1-41-28(38)20-23(16-8-11-35(12-9-16)43(39,40)14-15-2-4-17(5-3-15)27(36)37)33-25(26-32-10-13-42-26)34-24(20)18-6-7-19(30)22(31)21(18)29/h6-7,10,13,15-17,24H,2-5,8-9,11-12,14H2,1H3,(H,33,34)(H,36,37). The van der Waals surface area contributed by atoms with Crippen LogP contribution in [0.2, 0.25) is 5.02 Å². The van der Waals surface area contributed by atoms with E-state index in [0.717, 1.165) is 6.07 Å². The SMILES string of the molecule is COC(=O)C1=C(C2CCN(S(=O)(=O)CC3CCC(C(=O)O)CC3)CC2)NC(c2nccs2)=NC1c1ccc(F)c(F)c1Cl. The minimum Gasteiger partial charge on any atom is -0.481 e. The Morgan fingerprint density at radius 1 is 1.16 bits per heavy atom. The number of aromatic nitrogens is 1. The van der Waals surface area contributed by atoms with E-state index in [1.54, 1.807) is 11.6 Å². The Morgan fingerprint density at radius 3 is 2.47 bits per heavy atom. The van der Waals surface area contributed by atoms with Crippen molar-refractivity contribution in [3.63, 3.8) is 0 Å². The Hall–Kier alpha value is -2.94. The molecule has 0 spiro atoms. The molecule has 3 heterocycles. The van der Waals surface area contributed by atoms with Crippen molar-refractivity contribution in [3.05, 3.63) is 62.2 Å². The van der Waals surface area contributed by atoms with Gasteiger partial charge in [-0.2, -0.15) is 0 Å². The van der Waals surface area contributed by atoms with Gasteiger partial charge in [0.05, 0.1) is 29.4 Å². The number of hydrogen-bond acceptors (Lipinski definition) is 9. The lowest BCUT2D eigenvalue weighted by atomic mass is 9.83. The average molecular weight is 657 g/mol. The molecule has 15 heteroatoms. The highest BCUT2D eigenvalue weighted by Gasteiger charge is 2.40. The summed E-state index contributed by atoms with van der Waals surface area (Å²) >= 11 is 7.52. The third kappa shape index (κ3) is 6.61. The summed E-state index contributed by atoms with van der Waals surface area (Å²) in [4.78, 5) is 33.4. The molecule has 43 heavy (non-hydrogen) atoms. The summed E-state index contributed by atoms with van der Waals surface area (Å²) in [5, 5.41) is 14.2. The van der Waals surface area contributed by atoms with Crippen LogP contribution in [0.4, 0.5) is 8.78 Å². The summed E-state index contributed by atoms with van der Waals surface area (Å²) in [7, 11) is -2.39. The van der Waals surface area contributed by atoms with Crippen LogP contribution < -0.4 is 5.32 Å². The van der Waals surface area contributed by atoms with Gasteiger partial charge in [0.1, 0.15) is 6.04 Å². The van der Waals surface area contributed by atoms with Crippen molar-refractivity contribution >= 4 is 50.7 Å². The number of carboxylic acids is 1. The maximum Gasteiger partial charge on any atom is 0.338 e. The second kappa shape index (κ2) is 13.0. The van der Waals surface area contributed by atoms with Gasteiger partial charge in [0.2, 0.25) is 10.0 Å². The quantitative estimate of drug-likeness (QED) is 0.312. The topological polar surface area (TPSA) is 138 Å². The molecule has 3 aliphatic rings. The van der Waals surface area contributed by atoms with Crippen LogP contribution in [-0.2, 0) is 24.3 Å².